The van der Waals surface area contributed by atoms with Crippen molar-refractivity contribution in [2.45, 2.75) is 13.5 Å². The Bertz CT molecular complexity index is 1100. The van der Waals surface area contributed by atoms with Gasteiger partial charge in [-0.3, -0.25) is 4.79 Å². The van der Waals surface area contributed by atoms with Crippen molar-refractivity contribution in [2.24, 2.45) is 0 Å². The molecule has 27 heavy (non-hydrogen) atoms. The molecular formula is C22H19N3O2. The number of aromatic nitrogens is 2. The summed E-state index contributed by atoms with van der Waals surface area (Å²) in [6.07, 6.45) is 0. The maximum Gasteiger partial charge on any atom is 0.254 e. The van der Waals surface area contributed by atoms with Gasteiger partial charge in [0, 0.05) is 18.2 Å². The van der Waals surface area contributed by atoms with E-state index in [0.717, 1.165) is 16.3 Å². The highest BCUT2D eigenvalue weighted by molar-refractivity contribution is 5.98. The topological polar surface area (TPSA) is 59.2 Å². The largest absolute Gasteiger partial charge is 0.419 e. The van der Waals surface area contributed by atoms with Gasteiger partial charge in [-0.15, -0.1) is 10.2 Å². The number of nitrogens with zero attached hydrogens (tertiary/aromatic N) is 3. The highest BCUT2D eigenvalue weighted by Crippen LogP contribution is 2.20. The van der Waals surface area contributed by atoms with Crippen molar-refractivity contribution >= 4 is 16.7 Å². The monoisotopic (exact) mass is 357 g/mol. The number of aryl methyl sites for hydroxylation is 1. The maximum absolute atomic E-state index is 12.7. The Balaban J connectivity index is 1.50. The first-order valence-electron chi connectivity index (χ1n) is 8.74. The molecule has 0 saturated heterocycles. The van der Waals surface area contributed by atoms with Gasteiger partial charge in [0.1, 0.15) is 0 Å². The summed E-state index contributed by atoms with van der Waals surface area (Å²) in [5.41, 5.74) is 2.66. The van der Waals surface area contributed by atoms with Crippen LogP contribution in [0.1, 0.15) is 21.8 Å². The number of hydrogen-bond donors (Lipinski definition) is 0. The normalized spacial score (nSPS) is 10.9. The van der Waals surface area contributed by atoms with Gasteiger partial charge in [-0.1, -0.05) is 48.0 Å². The van der Waals surface area contributed by atoms with E-state index in [1.165, 1.54) is 5.56 Å². The quantitative estimate of drug-likeness (QED) is 0.541. The molecule has 0 radical (unpaired) electrons. The number of carbonyl (C=O) groups is 1. The standard InChI is InChI=1S/C22H19N3O2/c1-15-7-9-17(10-8-15)21-24-23-20(27-21)14-25(2)22(26)19-12-11-16-5-3-4-6-18(16)13-19/h3-13H,14H2,1-2H3. The fourth-order valence-corrected chi connectivity index (χ4v) is 2.95. The van der Waals surface area contributed by atoms with Gasteiger partial charge in [0.2, 0.25) is 11.8 Å². The molecular weight excluding hydrogens is 338 g/mol. The van der Waals surface area contributed by atoms with Gasteiger partial charge in [-0.25, -0.2) is 0 Å². The van der Waals surface area contributed by atoms with Crippen molar-refractivity contribution in [3.05, 3.63) is 83.7 Å². The van der Waals surface area contributed by atoms with Gasteiger partial charge in [0.25, 0.3) is 5.91 Å². The van der Waals surface area contributed by atoms with Gasteiger partial charge < -0.3 is 9.32 Å². The van der Waals surface area contributed by atoms with Gasteiger partial charge in [0.05, 0.1) is 6.54 Å². The molecule has 0 aliphatic carbocycles. The number of rotatable bonds is 4. The molecule has 0 spiro atoms. The van der Waals surface area contributed by atoms with Crippen LogP contribution in [0.3, 0.4) is 0 Å². The minimum atomic E-state index is -0.0872. The summed E-state index contributed by atoms with van der Waals surface area (Å²) < 4.78 is 5.72. The minimum absolute atomic E-state index is 0.0872. The SMILES string of the molecule is Cc1ccc(-c2nnc(CN(C)C(=O)c3ccc4ccccc4c3)o2)cc1. The molecule has 1 aromatic heterocycles. The average molecular weight is 357 g/mol. The van der Waals surface area contributed by atoms with Crippen LogP contribution in [0.5, 0.6) is 0 Å². The second-order valence-corrected chi connectivity index (χ2v) is 6.59. The summed E-state index contributed by atoms with van der Waals surface area (Å²) in [6.45, 7) is 2.28. The Labute approximate surface area is 157 Å². The number of benzene rings is 3. The third-order valence-corrected chi connectivity index (χ3v) is 4.48. The molecule has 5 nitrogen and oxygen atoms in total. The third-order valence-electron chi connectivity index (χ3n) is 4.48. The van der Waals surface area contributed by atoms with Crippen molar-refractivity contribution in [1.29, 1.82) is 0 Å². The van der Waals surface area contributed by atoms with E-state index in [1.54, 1.807) is 11.9 Å². The van der Waals surface area contributed by atoms with Crippen LogP contribution in [0.15, 0.2) is 71.1 Å². The molecule has 0 bridgehead atoms. The van der Waals surface area contributed by atoms with Crippen molar-refractivity contribution in [1.82, 2.24) is 15.1 Å². The zero-order chi connectivity index (χ0) is 18.8. The summed E-state index contributed by atoms with van der Waals surface area (Å²) in [6, 6.07) is 21.5. The van der Waals surface area contributed by atoms with Crippen molar-refractivity contribution in [3.8, 4) is 11.5 Å². The molecule has 4 aromatic rings. The van der Waals surface area contributed by atoms with Crippen molar-refractivity contribution < 1.29 is 9.21 Å². The zero-order valence-corrected chi connectivity index (χ0v) is 15.2. The van der Waals surface area contributed by atoms with E-state index in [-0.39, 0.29) is 12.5 Å². The molecule has 0 fully saturated rings. The summed E-state index contributed by atoms with van der Waals surface area (Å²) >= 11 is 0. The molecule has 4 rings (SSSR count). The molecule has 0 unspecified atom stereocenters. The Morgan fingerprint density at radius 1 is 0.963 bits per heavy atom. The predicted octanol–water partition coefficient (Wildman–Crippen LogP) is 4.47. The highest BCUT2D eigenvalue weighted by atomic mass is 16.4. The Morgan fingerprint density at radius 3 is 2.48 bits per heavy atom. The summed E-state index contributed by atoms with van der Waals surface area (Å²) in [5.74, 6) is 0.773. The minimum Gasteiger partial charge on any atom is -0.419 e. The lowest BCUT2D eigenvalue weighted by Crippen LogP contribution is -2.26. The first-order chi connectivity index (χ1) is 13.1. The second-order valence-electron chi connectivity index (χ2n) is 6.59. The van der Waals surface area contributed by atoms with E-state index in [0.29, 0.717) is 17.3 Å². The van der Waals surface area contributed by atoms with E-state index in [4.69, 9.17) is 4.42 Å². The number of hydrogen-bond acceptors (Lipinski definition) is 4. The van der Waals surface area contributed by atoms with Crippen LogP contribution < -0.4 is 0 Å². The number of carbonyl (C=O) groups excluding carboxylic acids is 1. The molecule has 5 heteroatoms. The lowest BCUT2D eigenvalue weighted by molar-refractivity contribution is 0.0773. The van der Waals surface area contributed by atoms with Crippen molar-refractivity contribution in [3.63, 3.8) is 0 Å². The molecule has 0 aliphatic heterocycles. The van der Waals surface area contributed by atoms with E-state index in [9.17, 15) is 4.79 Å². The van der Waals surface area contributed by atoms with Crippen LogP contribution in [-0.2, 0) is 6.54 Å². The smallest absolute Gasteiger partial charge is 0.254 e. The molecule has 0 aliphatic rings. The molecule has 0 atom stereocenters. The van der Waals surface area contributed by atoms with E-state index >= 15 is 0 Å². The van der Waals surface area contributed by atoms with E-state index < -0.39 is 0 Å². The second kappa shape index (κ2) is 7.03. The lowest BCUT2D eigenvalue weighted by Gasteiger charge is -2.15. The van der Waals surface area contributed by atoms with Crippen molar-refractivity contribution in [2.75, 3.05) is 7.05 Å². The average Bonchev–Trinajstić information content (AvgIpc) is 3.16. The van der Waals surface area contributed by atoms with Gasteiger partial charge >= 0.3 is 0 Å². The maximum atomic E-state index is 12.7. The fourth-order valence-electron chi connectivity index (χ4n) is 2.95. The highest BCUT2D eigenvalue weighted by Gasteiger charge is 2.16. The fraction of sp³-hybridized carbons (Fsp3) is 0.136. The summed E-state index contributed by atoms with van der Waals surface area (Å²) in [7, 11) is 1.73. The molecule has 134 valence electrons. The Morgan fingerprint density at radius 2 is 1.70 bits per heavy atom. The Kier molecular flexibility index (Phi) is 4.42. The van der Waals surface area contributed by atoms with Crippen LogP contribution in [0.2, 0.25) is 0 Å². The molecule has 3 aromatic carbocycles. The molecule has 0 N–H and O–H groups in total. The summed E-state index contributed by atoms with van der Waals surface area (Å²) in [4.78, 5) is 14.3. The zero-order valence-electron chi connectivity index (χ0n) is 15.2. The van der Waals surface area contributed by atoms with E-state index in [2.05, 4.69) is 10.2 Å². The van der Waals surface area contributed by atoms with Crippen LogP contribution in [-0.4, -0.2) is 28.1 Å². The van der Waals surface area contributed by atoms with Gasteiger partial charge in [0.15, 0.2) is 0 Å². The molecule has 1 amide bonds. The van der Waals surface area contributed by atoms with Crippen LogP contribution >= 0.6 is 0 Å². The number of fused-ring (bicyclic) bond motifs is 1. The van der Waals surface area contributed by atoms with Crippen LogP contribution in [0, 0.1) is 6.92 Å². The number of amides is 1. The Hall–Kier alpha value is -3.47. The summed E-state index contributed by atoms with van der Waals surface area (Å²) in [5, 5.41) is 10.3. The van der Waals surface area contributed by atoms with Crippen LogP contribution in [0.4, 0.5) is 0 Å². The first-order valence-corrected chi connectivity index (χ1v) is 8.74. The predicted molar refractivity (Wildman–Crippen MR) is 104 cm³/mol. The van der Waals surface area contributed by atoms with Crippen LogP contribution in [0.25, 0.3) is 22.2 Å². The lowest BCUT2D eigenvalue weighted by atomic mass is 10.1. The van der Waals surface area contributed by atoms with Gasteiger partial charge in [-0.2, -0.15) is 0 Å². The molecule has 0 saturated carbocycles. The molecule has 1 heterocycles. The van der Waals surface area contributed by atoms with E-state index in [1.807, 2.05) is 73.7 Å². The van der Waals surface area contributed by atoms with Gasteiger partial charge in [-0.05, 0) is 42.0 Å². The third kappa shape index (κ3) is 3.58. The first kappa shape index (κ1) is 17.0.